The van der Waals surface area contributed by atoms with Crippen molar-refractivity contribution in [3.8, 4) is 0 Å². The molecule has 2 nitrogen and oxygen atoms in total. The lowest BCUT2D eigenvalue weighted by molar-refractivity contribution is -0.140. The predicted octanol–water partition coefficient (Wildman–Crippen LogP) is 3.66. The topological polar surface area (TPSA) is 35.2 Å². The minimum absolute atomic E-state index is 0.217. The summed E-state index contributed by atoms with van der Waals surface area (Å²) in [6, 6.07) is 2.08. The molecule has 0 aromatic heterocycles. The molecule has 0 amide bonds. The van der Waals surface area contributed by atoms with Crippen LogP contribution < -0.4 is 5.73 Å². The van der Waals surface area contributed by atoms with E-state index in [4.69, 9.17) is 10.5 Å². The van der Waals surface area contributed by atoms with Gasteiger partial charge in [-0.2, -0.15) is 13.2 Å². The molecule has 0 heterocycles. The van der Waals surface area contributed by atoms with E-state index in [1.807, 2.05) is 6.92 Å². The molecule has 1 aromatic rings. The maximum absolute atomic E-state index is 13.2. The standard InChI is InChI=1S/C13H17F4NO/c1-3-4-11(19-2)12(18)8-5-6-10(14)9(7-8)13(15,16)17/h5-7,11-12H,3-4,18H2,1-2H3. The molecule has 2 atom stereocenters. The summed E-state index contributed by atoms with van der Waals surface area (Å²) in [6.07, 6.45) is -3.71. The normalized spacial score (nSPS) is 15.3. The van der Waals surface area contributed by atoms with Crippen LogP contribution in [0.15, 0.2) is 18.2 Å². The van der Waals surface area contributed by atoms with Crippen molar-refractivity contribution in [1.29, 1.82) is 0 Å². The van der Waals surface area contributed by atoms with E-state index < -0.39 is 29.7 Å². The van der Waals surface area contributed by atoms with Crippen LogP contribution in [-0.4, -0.2) is 13.2 Å². The Kier molecular flexibility index (Phi) is 5.31. The monoisotopic (exact) mass is 279 g/mol. The van der Waals surface area contributed by atoms with Gasteiger partial charge in [0, 0.05) is 7.11 Å². The highest BCUT2D eigenvalue weighted by atomic mass is 19.4. The number of hydrogen-bond donors (Lipinski definition) is 1. The molecule has 0 aliphatic heterocycles. The number of hydrogen-bond acceptors (Lipinski definition) is 2. The fourth-order valence-corrected chi connectivity index (χ4v) is 1.91. The Morgan fingerprint density at radius 1 is 1.32 bits per heavy atom. The van der Waals surface area contributed by atoms with Crippen LogP contribution in [0.25, 0.3) is 0 Å². The van der Waals surface area contributed by atoms with E-state index >= 15 is 0 Å². The Labute approximate surface area is 109 Å². The molecule has 0 spiro atoms. The SMILES string of the molecule is CCCC(OC)C(N)c1ccc(F)c(C(F)(F)F)c1. The molecule has 1 rings (SSSR count). The fraction of sp³-hybridized carbons (Fsp3) is 0.538. The first-order valence-corrected chi connectivity index (χ1v) is 5.96. The molecule has 19 heavy (non-hydrogen) atoms. The van der Waals surface area contributed by atoms with E-state index in [2.05, 4.69) is 0 Å². The van der Waals surface area contributed by atoms with Gasteiger partial charge in [0.1, 0.15) is 5.82 Å². The minimum Gasteiger partial charge on any atom is -0.379 e. The van der Waals surface area contributed by atoms with Gasteiger partial charge in [-0.25, -0.2) is 4.39 Å². The largest absolute Gasteiger partial charge is 0.419 e. The molecule has 0 bridgehead atoms. The van der Waals surface area contributed by atoms with Crippen LogP contribution in [-0.2, 0) is 10.9 Å². The van der Waals surface area contributed by atoms with E-state index in [1.54, 1.807) is 0 Å². The maximum Gasteiger partial charge on any atom is 0.419 e. The van der Waals surface area contributed by atoms with Gasteiger partial charge >= 0.3 is 6.18 Å². The van der Waals surface area contributed by atoms with Crippen LogP contribution in [0, 0.1) is 5.82 Å². The average Bonchev–Trinajstić information content (AvgIpc) is 2.34. The van der Waals surface area contributed by atoms with Gasteiger partial charge in [0.05, 0.1) is 17.7 Å². The quantitative estimate of drug-likeness (QED) is 0.835. The van der Waals surface area contributed by atoms with Gasteiger partial charge in [-0.1, -0.05) is 19.4 Å². The predicted molar refractivity (Wildman–Crippen MR) is 64.0 cm³/mol. The Hall–Kier alpha value is -1.14. The number of alkyl halides is 3. The molecular formula is C13H17F4NO. The summed E-state index contributed by atoms with van der Waals surface area (Å²) >= 11 is 0. The summed E-state index contributed by atoms with van der Waals surface area (Å²) in [5.74, 6) is -1.30. The third-order valence-electron chi connectivity index (χ3n) is 2.96. The molecule has 108 valence electrons. The number of rotatable bonds is 5. The first kappa shape index (κ1) is 15.9. The number of nitrogens with two attached hydrogens (primary N) is 1. The summed E-state index contributed by atoms with van der Waals surface area (Å²) in [4.78, 5) is 0. The molecule has 0 saturated carbocycles. The van der Waals surface area contributed by atoms with Crippen LogP contribution in [0.1, 0.15) is 36.9 Å². The average molecular weight is 279 g/mol. The Morgan fingerprint density at radius 3 is 2.42 bits per heavy atom. The van der Waals surface area contributed by atoms with Gasteiger partial charge in [-0.05, 0) is 24.1 Å². The maximum atomic E-state index is 13.2. The first-order valence-electron chi connectivity index (χ1n) is 5.96. The van der Waals surface area contributed by atoms with Gasteiger partial charge in [-0.15, -0.1) is 0 Å². The van der Waals surface area contributed by atoms with Crippen molar-refractivity contribution in [1.82, 2.24) is 0 Å². The highest BCUT2D eigenvalue weighted by Gasteiger charge is 2.35. The second-order valence-electron chi connectivity index (χ2n) is 4.33. The van der Waals surface area contributed by atoms with Gasteiger partial charge in [0.2, 0.25) is 0 Å². The summed E-state index contributed by atoms with van der Waals surface area (Å²) in [6.45, 7) is 1.92. The van der Waals surface area contributed by atoms with E-state index in [1.165, 1.54) is 13.2 Å². The van der Waals surface area contributed by atoms with Gasteiger partial charge < -0.3 is 10.5 Å². The van der Waals surface area contributed by atoms with Gasteiger partial charge in [0.25, 0.3) is 0 Å². The Balaban J connectivity index is 3.08. The summed E-state index contributed by atoms with van der Waals surface area (Å²) in [7, 11) is 1.45. The molecule has 0 radical (unpaired) electrons. The van der Waals surface area contributed by atoms with Crippen LogP contribution in [0.5, 0.6) is 0 Å². The van der Waals surface area contributed by atoms with E-state index in [0.29, 0.717) is 6.42 Å². The highest BCUT2D eigenvalue weighted by molar-refractivity contribution is 5.30. The summed E-state index contributed by atoms with van der Waals surface area (Å²) in [5, 5.41) is 0. The third-order valence-corrected chi connectivity index (χ3v) is 2.96. The lowest BCUT2D eigenvalue weighted by Gasteiger charge is -2.23. The van der Waals surface area contributed by atoms with E-state index in [0.717, 1.165) is 18.6 Å². The van der Waals surface area contributed by atoms with Crippen molar-refractivity contribution >= 4 is 0 Å². The summed E-state index contributed by atoms with van der Waals surface area (Å²) < 4.78 is 56.2. The molecular weight excluding hydrogens is 262 g/mol. The van der Waals surface area contributed by atoms with Crippen molar-refractivity contribution in [3.63, 3.8) is 0 Å². The van der Waals surface area contributed by atoms with Crippen molar-refractivity contribution in [2.45, 2.75) is 38.1 Å². The zero-order valence-electron chi connectivity index (χ0n) is 10.8. The smallest absolute Gasteiger partial charge is 0.379 e. The molecule has 2 unspecified atom stereocenters. The van der Waals surface area contributed by atoms with Crippen molar-refractivity contribution in [3.05, 3.63) is 35.1 Å². The summed E-state index contributed by atoms with van der Waals surface area (Å²) in [5.41, 5.74) is 4.80. The van der Waals surface area contributed by atoms with Crippen molar-refractivity contribution in [2.24, 2.45) is 5.73 Å². The first-order chi connectivity index (χ1) is 8.81. The highest BCUT2D eigenvalue weighted by Crippen LogP contribution is 2.33. The second-order valence-corrected chi connectivity index (χ2v) is 4.33. The van der Waals surface area contributed by atoms with Crippen LogP contribution in [0.4, 0.5) is 17.6 Å². The zero-order valence-corrected chi connectivity index (χ0v) is 10.8. The molecule has 2 N–H and O–H groups in total. The van der Waals surface area contributed by atoms with Crippen LogP contribution in [0.3, 0.4) is 0 Å². The number of benzene rings is 1. The fourth-order valence-electron chi connectivity index (χ4n) is 1.91. The molecule has 0 fully saturated rings. The molecule has 0 saturated heterocycles. The molecule has 0 aliphatic carbocycles. The lowest BCUT2D eigenvalue weighted by Crippen LogP contribution is -2.28. The zero-order chi connectivity index (χ0) is 14.6. The van der Waals surface area contributed by atoms with E-state index in [-0.39, 0.29) is 5.56 Å². The van der Waals surface area contributed by atoms with Gasteiger partial charge in [0.15, 0.2) is 0 Å². The van der Waals surface area contributed by atoms with Crippen LogP contribution >= 0.6 is 0 Å². The van der Waals surface area contributed by atoms with E-state index in [9.17, 15) is 17.6 Å². The molecule has 1 aromatic carbocycles. The second kappa shape index (κ2) is 6.34. The number of ether oxygens (including phenoxy) is 1. The molecule has 0 aliphatic rings. The molecule has 6 heteroatoms. The minimum atomic E-state index is -4.73. The lowest BCUT2D eigenvalue weighted by atomic mass is 9.97. The Morgan fingerprint density at radius 2 is 1.95 bits per heavy atom. The Bertz CT molecular complexity index is 420. The number of methoxy groups -OCH3 is 1. The van der Waals surface area contributed by atoms with Crippen molar-refractivity contribution in [2.75, 3.05) is 7.11 Å². The number of halogens is 4. The third kappa shape index (κ3) is 3.91. The van der Waals surface area contributed by atoms with Gasteiger partial charge in [-0.3, -0.25) is 0 Å². The van der Waals surface area contributed by atoms with Crippen LogP contribution in [0.2, 0.25) is 0 Å². The van der Waals surface area contributed by atoms with Crippen molar-refractivity contribution < 1.29 is 22.3 Å².